The largest absolute Gasteiger partial charge is 0.493 e. The maximum atomic E-state index is 13.0. The van der Waals surface area contributed by atoms with E-state index in [1.165, 1.54) is 14.2 Å². The molecule has 3 aromatic rings. The van der Waals surface area contributed by atoms with Gasteiger partial charge >= 0.3 is 0 Å². The zero-order valence-electron chi connectivity index (χ0n) is 19.1. The molecule has 32 heavy (non-hydrogen) atoms. The molecule has 2 aromatic carbocycles. The topological polar surface area (TPSA) is 81.6 Å². The number of benzene rings is 2. The van der Waals surface area contributed by atoms with Crippen LogP contribution >= 0.6 is 0 Å². The van der Waals surface area contributed by atoms with Crippen LogP contribution in [-0.2, 0) is 11.3 Å². The van der Waals surface area contributed by atoms with Gasteiger partial charge in [0.2, 0.25) is 0 Å². The lowest BCUT2D eigenvalue weighted by molar-refractivity contribution is -0.118. The highest BCUT2D eigenvalue weighted by Crippen LogP contribution is 2.28. The molecule has 168 valence electrons. The van der Waals surface area contributed by atoms with E-state index in [1.54, 1.807) is 24.3 Å². The fourth-order valence-corrected chi connectivity index (χ4v) is 3.48. The van der Waals surface area contributed by atoms with Gasteiger partial charge in [-0.25, -0.2) is 0 Å². The van der Waals surface area contributed by atoms with Crippen molar-refractivity contribution in [1.82, 2.24) is 15.2 Å². The van der Waals surface area contributed by atoms with Crippen LogP contribution in [0.2, 0.25) is 0 Å². The molecule has 0 fully saturated rings. The Labute approximate surface area is 188 Å². The lowest BCUT2D eigenvalue weighted by atomic mass is 10.1. The average Bonchev–Trinajstić information content (AvgIpc) is 3.15. The Morgan fingerprint density at radius 1 is 1.06 bits per heavy atom. The van der Waals surface area contributed by atoms with Crippen LogP contribution in [0.3, 0.4) is 0 Å². The van der Waals surface area contributed by atoms with E-state index in [0.717, 1.165) is 23.0 Å². The van der Waals surface area contributed by atoms with Crippen molar-refractivity contribution in [3.8, 4) is 11.5 Å². The van der Waals surface area contributed by atoms with E-state index in [0.29, 0.717) is 17.1 Å². The minimum absolute atomic E-state index is 0.0825. The van der Waals surface area contributed by atoms with Gasteiger partial charge in [0.05, 0.1) is 14.2 Å². The standard InChI is InChI=1S/C25H29N3O4/c1-6-28-15-18(19-9-7-8-10-21(19)28)13-20(25(30)26-16(2)3)27-24(29)17-11-12-22(31-4)23(14-17)32-5/h7-16H,6H2,1-5H3,(H,26,30)(H,27,29). The molecule has 1 heterocycles. The van der Waals surface area contributed by atoms with Crippen molar-refractivity contribution in [1.29, 1.82) is 0 Å². The predicted molar refractivity (Wildman–Crippen MR) is 126 cm³/mol. The number of methoxy groups -OCH3 is 2. The summed E-state index contributed by atoms with van der Waals surface area (Å²) in [5.74, 6) is 0.172. The lowest BCUT2D eigenvalue weighted by Crippen LogP contribution is -2.38. The smallest absolute Gasteiger partial charge is 0.268 e. The number of para-hydroxylation sites is 1. The van der Waals surface area contributed by atoms with Crippen molar-refractivity contribution < 1.29 is 19.1 Å². The molecule has 7 nitrogen and oxygen atoms in total. The van der Waals surface area contributed by atoms with E-state index in [1.807, 2.05) is 44.3 Å². The summed E-state index contributed by atoms with van der Waals surface area (Å²) in [5, 5.41) is 6.63. The van der Waals surface area contributed by atoms with Crippen molar-refractivity contribution in [3.63, 3.8) is 0 Å². The van der Waals surface area contributed by atoms with Crippen LogP contribution in [0.4, 0.5) is 0 Å². The molecular weight excluding hydrogens is 406 g/mol. The maximum Gasteiger partial charge on any atom is 0.268 e. The Morgan fingerprint density at radius 2 is 1.78 bits per heavy atom. The van der Waals surface area contributed by atoms with Crippen LogP contribution in [0.1, 0.15) is 36.7 Å². The molecule has 0 spiro atoms. The third-order valence-corrected chi connectivity index (χ3v) is 5.02. The summed E-state index contributed by atoms with van der Waals surface area (Å²) in [4.78, 5) is 25.9. The van der Waals surface area contributed by atoms with E-state index in [2.05, 4.69) is 22.1 Å². The number of nitrogens with one attached hydrogen (secondary N) is 2. The number of aryl methyl sites for hydroxylation is 1. The molecule has 7 heteroatoms. The van der Waals surface area contributed by atoms with E-state index in [4.69, 9.17) is 9.47 Å². The number of aromatic nitrogens is 1. The predicted octanol–water partition coefficient (Wildman–Crippen LogP) is 3.97. The summed E-state index contributed by atoms with van der Waals surface area (Å²) < 4.78 is 12.6. The summed E-state index contributed by atoms with van der Waals surface area (Å²) in [6, 6.07) is 12.7. The molecule has 1 aromatic heterocycles. The van der Waals surface area contributed by atoms with Crippen molar-refractivity contribution in [2.24, 2.45) is 0 Å². The minimum Gasteiger partial charge on any atom is -0.493 e. The van der Waals surface area contributed by atoms with Gasteiger partial charge < -0.3 is 24.7 Å². The Kier molecular flexibility index (Phi) is 7.20. The van der Waals surface area contributed by atoms with Crippen molar-refractivity contribution in [3.05, 3.63) is 65.5 Å². The van der Waals surface area contributed by atoms with Gasteiger partial charge in [-0.1, -0.05) is 18.2 Å². The molecule has 2 N–H and O–H groups in total. The number of hydrogen-bond acceptors (Lipinski definition) is 4. The van der Waals surface area contributed by atoms with Crippen LogP contribution in [-0.4, -0.2) is 36.6 Å². The number of rotatable bonds is 8. The lowest BCUT2D eigenvalue weighted by Gasteiger charge is -2.14. The highest BCUT2D eigenvalue weighted by Gasteiger charge is 2.18. The number of fused-ring (bicyclic) bond motifs is 1. The Hall–Kier alpha value is -3.74. The molecule has 0 unspecified atom stereocenters. The Morgan fingerprint density at radius 3 is 2.44 bits per heavy atom. The first-order valence-corrected chi connectivity index (χ1v) is 10.5. The van der Waals surface area contributed by atoms with Gasteiger partial charge in [-0.3, -0.25) is 9.59 Å². The van der Waals surface area contributed by atoms with Crippen LogP contribution in [0.15, 0.2) is 54.4 Å². The first-order valence-electron chi connectivity index (χ1n) is 10.5. The third kappa shape index (κ3) is 4.94. The first kappa shape index (κ1) is 22.9. The normalized spacial score (nSPS) is 11.5. The molecule has 0 bridgehead atoms. The van der Waals surface area contributed by atoms with E-state index >= 15 is 0 Å². The second kappa shape index (κ2) is 10.0. The summed E-state index contributed by atoms with van der Waals surface area (Å²) in [5.41, 5.74) is 2.43. The molecule has 0 saturated heterocycles. The molecule has 3 rings (SSSR count). The number of carbonyl (C=O) groups excluding carboxylic acids is 2. The maximum absolute atomic E-state index is 13.0. The van der Waals surface area contributed by atoms with Crippen molar-refractivity contribution >= 4 is 28.8 Å². The summed E-state index contributed by atoms with van der Waals surface area (Å²) in [6.07, 6.45) is 3.70. The monoisotopic (exact) mass is 435 g/mol. The molecule has 2 amide bonds. The zero-order valence-corrected chi connectivity index (χ0v) is 19.1. The van der Waals surface area contributed by atoms with Crippen LogP contribution in [0, 0.1) is 0 Å². The summed E-state index contributed by atoms with van der Waals surface area (Å²) in [6.45, 7) is 6.59. The summed E-state index contributed by atoms with van der Waals surface area (Å²) in [7, 11) is 3.03. The van der Waals surface area contributed by atoms with Gasteiger partial charge in [-0.15, -0.1) is 0 Å². The van der Waals surface area contributed by atoms with E-state index < -0.39 is 5.91 Å². The van der Waals surface area contributed by atoms with Gasteiger partial charge in [0.25, 0.3) is 11.8 Å². The second-order valence-electron chi connectivity index (χ2n) is 7.60. The van der Waals surface area contributed by atoms with Crippen LogP contribution in [0.5, 0.6) is 11.5 Å². The number of hydrogen-bond donors (Lipinski definition) is 2. The Balaban J connectivity index is 2.01. The molecule has 0 saturated carbocycles. The number of carbonyl (C=O) groups is 2. The number of amides is 2. The minimum atomic E-state index is -0.421. The average molecular weight is 436 g/mol. The molecule has 0 aliphatic carbocycles. The number of ether oxygens (including phenoxy) is 2. The Bertz CT molecular complexity index is 1160. The highest BCUT2D eigenvalue weighted by molar-refractivity contribution is 6.06. The van der Waals surface area contributed by atoms with E-state index in [-0.39, 0.29) is 17.6 Å². The SMILES string of the molecule is CCn1cc(C=C(NC(=O)c2ccc(OC)c(OC)c2)C(=O)NC(C)C)c2ccccc21. The van der Waals surface area contributed by atoms with Crippen molar-refractivity contribution in [2.75, 3.05) is 14.2 Å². The molecule has 0 aliphatic heterocycles. The quantitative estimate of drug-likeness (QED) is 0.525. The second-order valence-corrected chi connectivity index (χ2v) is 7.60. The van der Waals surface area contributed by atoms with Crippen molar-refractivity contribution in [2.45, 2.75) is 33.4 Å². The van der Waals surface area contributed by atoms with Gasteiger partial charge in [0, 0.05) is 40.8 Å². The molecule has 0 radical (unpaired) electrons. The van der Waals surface area contributed by atoms with E-state index in [9.17, 15) is 9.59 Å². The summed E-state index contributed by atoms with van der Waals surface area (Å²) >= 11 is 0. The van der Waals surface area contributed by atoms with Gasteiger partial charge in [-0.05, 0) is 51.1 Å². The van der Waals surface area contributed by atoms with Gasteiger partial charge in [0.15, 0.2) is 11.5 Å². The van der Waals surface area contributed by atoms with Crippen LogP contribution < -0.4 is 20.1 Å². The van der Waals surface area contributed by atoms with Gasteiger partial charge in [0.1, 0.15) is 5.70 Å². The third-order valence-electron chi connectivity index (χ3n) is 5.02. The zero-order chi connectivity index (χ0) is 23.3. The fourth-order valence-electron chi connectivity index (χ4n) is 3.48. The highest BCUT2D eigenvalue weighted by atomic mass is 16.5. The molecular formula is C25H29N3O4. The fraction of sp³-hybridized carbons (Fsp3) is 0.280. The first-order chi connectivity index (χ1) is 15.4. The van der Waals surface area contributed by atoms with Crippen LogP contribution in [0.25, 0.3) is 17.0 Å². The molecule has 0 aliphatic rings. The molecule has 0 atom stereocenters. The van der Waals surface area contributed by atoms with Gasteiger partial charge in [-0.2, -0.15) is 0 Å². The number of nitrogens with zero attached hydrogens (tertiary/aromatic N) is 1.